The fourth-order valence-corrected chi connectivity index (χ4v) is 5.23. The van der Waals surface area contributed by atoms with Gasteiger partial charge < -0.3 is 34.9 Å². The van der Waals surface area contributed by atoms with Crippen LogP contribution in [0.4, 0.5) is 11.4 Å². The topological polar surface area (TPSA) is 124 Å². The molecule has 0 saturated heterocycles. The van der Waals surface area contributed by atoms with Crippen molar-refractivity contribution in [2.24, 2.45) is 0 Å². The zero-order chi connectivity index (χ0) is 34.3. The lowest BCUT2D eigenvalue weighted by molar-refractivity contribution is -0.114. The average molecular weight is 670 g/mol. The van der Waals surface area contributed by atoms with Gasteiger partial charge in [0.1, 0.15) is 11.4 Å². The van der Waals surface area contributed by atoms with Crippen molar-refractivity contribution < 1.29 is 33.3 Å². The Morgan fingerprint density at radius 3 is 2.12 bits per heavy atom. The number of rotatable bonds is 16. The largest absolute Gasteiger partial charge is 0.494 e. The van der Waals surface area contributed by atoms with Gasteiger partial charge in [0.05, 0.1) is 33.7 Å². The van der Waals surface area contributed by atoms with Crippen LogP contribution in [-0.2, 0) is 9.59 Å². The molecular formula is C37H39N3O7S. The predicted octanol–water partition coefficient (Wildman–Crippen LogP) is 7.03. The molecule has 4 rings (SSSR count). The second kappa shape index (κ2) is 18.1. The van der Waals surface area contributed by atoms with Crippen LogP contribution < -0.4 is 34.9 Å². The van der Waals surface area contributed by atoms with Crippen molar-refractivity contribution in [3.05, 3.63) is 108 Å². The maximum atomic E-state index is 13.6. The van der Waals surface area contributed by atoms with Crippen molar-refractivity contribution in [2.75, 3.05) is 44.3 Å². The van der Waals surface area contributed by atoms with Gasteiger partial charge in [-0.05, 0) is 84.8 Å². The molecule has 3 amide bonds. The van der Waals surface area contributed by atoms with Gasteiger partial charge in [-0.3, -0.25) is 14.4 Å². The molecule has 0 unspecified atom stereocenters. The molecule has 4 aromatic rings. The van der Waals surface area contributed by atoms with Crippen LogP contribution in [0.15, 0.2) is 102 Å². The van der Waals surface area contributed by atoms with Gasteiger partial charge in [-0.1, -0.05) is 37.6 Å². The molecule has 0 heterocycles. The van der Waals surface area contributed by atoms with E-state index in [0.717, 1.165) is 23.5 Å². The fourth-order valence-electron chi connectivity index (χ4n) is 4.47. The number of methoxy groups -OCH3 is 3. The van der Waals surface area contributed by atoms with Crippen molar-refractivity contribution in [1.29, 1.82) is 0 Å². The van der Waals surface area contributed by atoms with E-state index >= 15 is 0 Å². The van der Waals surface area contributed by atoms with Gasteiger partial charge in [0.25, 0.3) is 11.8 Å². The summed E-state index contributed by atoms with van der Waals surface area (Å²) in [6.45, 7) is 2.77. The van der Waals surface area contributed by atoms with E-state index in [-0.39, 0.29) is 17.4 Å². The zero-order valence-corrected chi connectivity index (χ0v) is 28.1. The fraction of sp³-hybridized carbons (Fsp3) is 0.216. The Labute approximate surface area is 284 Å². The second-order valence-corrected chi connectivity index (χ2v) is 11.4. The molecule has 4 aromatic carbocycles. The monoisotopic (exact) mass is 669 g/mol. The van der Waals surface area contributed by atoms with Crippen molar-refractivity contribution in [3.63, 3.8) is 0 Å². The van der Waals surface area contributed by atoms with Gasteiger partial charge in [0.2, 0.25) is 11.7 Å². The third-order valence-corrected chi connectivity index (χ3v) is 7.89. The summed E-state index contributed by atoms with van der Waals surface area (Å²) in [5.74, 6) is 0.896. The van der Waals surface area contributed by atoms with Crippen molar-refractivity contribution >= 4 is 46.9 Å². The van der Waals surface area contributed by atoms with Crippen LogP contribution in [0.25, 0.3) is 6.08 Å². The molecule has 10 nitrogen and oxygen atoms in total. The number of nitrogens with one attached hydrogen (secondary N) is 3. The number of ether oxygens (including phenoxy) is 4. The van der Waals surface area contributed by atoms with E-state index in [9.17, 15) is 14.4 Å². The highest BCUT2D eigenvalue weighted by atomic mass is 32.2. The number of unbranched alkanes of at least 4 members (excludes halogenated alkanes) is 1. The third-order valence-electron chi connectivity index (χ3n) is 6.89. The Morgan fingerprint density at radius 2 is 1.48 bits per heavy atom. The minimum atomic E-state index is -0.560. The molecule has 0 radical (unpaired) electrons. The molecule has 11 heteroatoms. The predicted molar refractivity (Wildman–Crippen MR) is 189 cm³/mol. The standard InChI is InChI=1S/C37H39N3O7S/c1-5-6-19-47-29-17-15-27(16-18-29)38-34(41)24-48-30-14-10-13-28(23-30)39-37(43)31(40-36(42)26-11-8-7-9-12-26)20-25-21-32(44-2)35(46-4)33(22-25)45-3/h7-18,20-23H,5-6,19,24H2,1-4H3,(H,38,41)(H,39,43)(H,40,42)/b31-20+. The first-order chi connectivity index (χ1) is 23.3. The Balaban J connectivity index is 1.46. The van der Waals surface area contributed by atoms with Crippen LogP contribution in [-0.4, -0.2) is 51.4 Å². The highest BCUT2D eigenvalue weighted by molar-refractivity contribution is 8.00. The van der Waals surface area contributed by atoms with E-state index in [1.165, 1.54) is 39.2 Å². The van der Waals surface area contributed by atoms with Crippen LogP contribution in [0.1, 0.15) is 35.7 Å². The van der Waals surface area contributed by atoms with Gasteiger partial charge in [0, 0.05) is 21.8 Å². The molecule has 0 spiro atoms. The highest BCUT2D eigenvalue weighted by Gasteiger charge is 2.18. The molecule has 0 aliphatic heterocycles. The van der Waals surface area contributed by atoms with Gasteiger partial charge >= 0.3 is 0 Å². The summed E-state index contributed by atoms with van der Waals surface area (Å²) < 4.78 is 22.0. The van der Waals surface area contributed by atoms with Crippen LogP contribution in [0.5, 0.6) is 23.0 Å². The van der Waals surface area contributed by atoms with Crippen LogP contribution in [0, 0.1) is 0 Å². The van der Waals surface area contributed by atoms with Crippen molar-refractivity contribution in [3.8, 4) is 23.0 Å². The van der Waals surface area contributed by atoms with Gasteiger partial charge in [-0.25, -0.2) is 0 Å². The molecular weight excluding hydrogens is 630 g/mol. The minimum absolute atomic E-state index is 0.0163. The van der Waals surface area contributed by atoms with E-state index in [4.69, 9.17) is 18.9 Å². The number of carbonyl (C=O) groups excluding carboxylic acids is 3. The van der Waals surface area contributed by atoms with E-state index in [1.54, 1.807) is 72.8 Å². The summed E-state index contributed by atoms with van der Waals surface area (Å²) in [4.78, 5) is 40.2. The van der Waals surface area contributed by atoms with E-state index in [1.807, 2.05) is 18.2 Å². The smallest absolute Gasteiger partial charge is 0.272 e. The summed E-state index contributed by atoms with van der Waals surface area (Å²) in [6, 6.07) is 26.3. The molecule has 0 bridgehead atoms. The number of anilines is 2. The van der Waals surface area contributed by atoms with Crippen LogP contribution in [0.3, 0.4) is 0 Å². The molecule has 48 heavy (non-hydrogen) atoms. The number of benzene rings is 4. The molecule has 0 aliphatic carbocycles. The normalized spacial score (nSPS) is 10.9. The summed E-state index contributed by atoms with van der Waals surface area (Å²) in [7, 11) is 4.48. The van der Waals surface area contributed by atoms with Crippen LogP contribution >= 0.6 is 11.8 Å². The van der Waals surface area contributed by atoms with Gasteiger partial charge in [-0.2, -0.15) is 0 Å². The molecule has 0 saturated carbocycles. The third kappa shape index (κ3) is 10.3. The Morgan fingerprint density at radius 1 is 0.771 bits per heavy atom. The molecule has 0 aromatic heterocycles. The number of thioether (sulfide) groups is 1. The lowest BCUT2D eigenvalue weighted by Crippen LogP contribution is -2.30. The SMILES string of the molecule is CCCCOc1ccc(NC(=O)CSc2cccc(NC(=O)/C(=C\c3cc(OC)c(OC)c(OC)c3)NC(=O)c3ccccc3)c2)cc1. The molecule has 250 valence electrons. The molecule has 0 aliphatic rings. The van der Waals surface area contributed by atoms with E-state index in [0.29, 0.717) is 46.4 Å². The Bertz CT molecular complexity index is 1700. The lowest BCUT2D eigenvalue weighted by atomic mass is 10.1. The Hall–Kier alpha value is -5.42. The summed E-state index contributed by atoms with van der Waals surface area (Å²) in [6.07, 6.45) is 3.56. The van der Waals surface area contributed by atoms with Gasteiger partial charge in [-0.15, -0.1) is 11.8 Å². The second-order valence-electron chi connectivity index (χ2n) is 10.4. The molecule has 0 atom stereocenters. The minimum Gasteiger partial charge on any atom is -0.494 e. The lowest BCUT2D eigenvalue weighted by Gasteiger charge is -2.15. The number of carbonyl (C=O) groups is 3. The first-order valence-corrected chi connectivity index (χ1v) is 16.3. The average Bonchev–Trinajstić information content (AvgIpc) is 3.11. The summed E-state index contributed by atoms with van der Waals surface area (Å²) >= 11 is 1.32. The van der Waals surface area contributed by atoms with E-state index < -0.39 is 11.8 Å². The highest BCUT2D eigenvalue weighted by Crippen LogP contribution is 2.38. The Kier molecular flexibility index (Phi) is 13.3. The number of amides is 3. The molecule has 0 fully saturated rings. The van der Waals surface area contributed by atoms with E-state index in [2.05, 4.69) is 22.9 Å². The van der Waals surface area contributed by atoms with Crippen molar-refractivity contribution in [1.82, 2.24) is 5.32 Å². The van der Waals surface area contributed by atoms with Gasteiger partial charge in [0.15, 0.2) is 11.5 Å². The maximum Gasteiger partial charge on any atom is 0.272 e. The number of hydrogen-bond donors (Lipinski definition) is 3. The summed E-state index contributed by atoms with van der Waals surface area (Å²) in [5.41, 5.74) is 2.05. The first-order valence-electron chi connectivity index (χ1n) is 15.3. The zero-order valence-electron chi connectivity index (χ0n) is 27.3. The van der Waals surface area contributed by atoms with Crippen molar-refractivity contribution in [2.45, 2.75) is 24.7 Å². The maximum absolute atomic E-state index is 13.6. The van der Waals surface area contributed by atoms with Crippen LogP contribution in [0.2, 0.25) is 0 Å². The molecule has 3 N–H and O–H groups in total. The first kappa shape index (κ1) is 35.4. The number of hydrogen-bond acceptors (Lipinski definition) is 8. The quantitative estimate of drug-likeness (QED) is 0.0660. The summed E-state index contributed by atoms with van der Waals surface area (Å²) in [5, 5.41) is 8.47.